The summed E-state index contributed by atoms with van der Waals surface area (Å²) in [5.74, 6) is -0.241. The van der Waals surface area contributed by atoms with E-state index < -0.39 is 10.0 Å². The molecule has 3 aromatic carbocycles. The molecular weight excluding hydrogens is 446 g/mol. The van der Waals surface area contributed by atoms with Gasteiger partial charge in [0.1, 0.15) is 0 Å². The Kier molecular flexibility index (Phi) is 7.77. The highest BCUT2D eigenvalue weighted by atomic mass is 32.2. The highest BCUT2D eigenvalue weighted by Gasteiger charge is 2.23. The number of hydrogen-bond donors (Lipinski definition) is 2. The van der Waals surface area contributed by atoms with E-state index in [2.05, 4.69) is 39.2 Å². The number of amides is 1. The molecule has 1 aliphatic rings. The molecule has 2 N–H and O–H groups in total. The lowest BCUT2D eigenvalue weighted by Gasteiger charge is -2.32. The highest BCUT2D eigenvalue weighted by Crippen LogP contribution is 2.19. The number of nitrogens with one attached hydrogen (secondary N) is 2. The van der Waals surface area contributed by atoms with Crippen LogP contribution in [0.3, 0.4) is 0 Å². The molecule has 7 heteroatoms. The second kappa shape index (κ2) is 11.0. The number of piperidine rings is 1. The SMILES string of the molecule is C[C@H](NS(=O)(=O)c1cccc(C(=O)NC2CCN(Cc3ccccc3)CC2)c1)c1ccccc1. The monoisotopic (exact) mass is 477 g/mol. The van der Waals surface area contributed by atoms with Crippen molar-refractivity contribution in [1.82, 2.24) is 14.9 Å². The summed E-state index contributed by atoms with van der Waals surface area (Å²) in [7, 11) is -3.77. The van der Waals surface area contributed by atoms with Crippen LogP contribution < -0.4 is 10.0 Å². The van der Waals surface area contributed by atoms with Crippen molar-refractivity contribution in [3.05, 3.63) is 102 Å². The molecule has 1 saturated heterocycles. The Balaban J connectivity index is 1.34. The molecule has 0 saturated carbocycles. The van der Waals surface area contributed by atoms with Gasteiger partial charge in [-0.15, -0.1) is 0 Å². The van der Waals surface area contributed by atoms with E-state index in [-0.39, 0.29) is 22.9 Å². The maximum atomic E-state index is 12.9. The summed E-state index contributed by atoms with van der Waals surface area (Å²) >= 11 is 0. The van der Waals surface area contributed by atoms with E-state index in [1.165, 1.54) is 17.7 Å². The highest BCUT2D eigenvalue weighted by molar-refractivity contribution is 7.89. The molecule has 0 aromatic heterocycles. The molecule has 1 aliphatic heterocycles. The maximum Gasteiger partial charge on any atom is 0.251 e. The molecule has 34 heavy (non-hydrogen) atoms. The first kappa shape index (κ1) is 24.1. The standard InChI is InChI=1S/C27H31N3O3S/c1-21(23-11-6-3-7-12-23)29-34(32,33)26-14-8-13-24(19-26)27(31)28-25-15-17-30(18-16-25)20-22-9-4-2-5-10-22/h2-14,19,21,25,29H,15-18,20H2,1H3,(H,28,31)/t21-/m0/s1. The Hall–Kier alpha value is -3.00. The lowest BCUT2D eigenvalue weighted by molar-refractivity contribution is 0.0908. The summed E-state index contributed by atoms with van der Waals surface area (Å²) in [5, 5.41) is 3.08. The van der Waals surface area contributed by atoms with Gasteiger partial charge in [-0.05, 0) is 49.1 Å². The van der Waals surface area contributed by atoms with E-state index in [1.807, 2.05) is 36.4 Å². The third kappa shape index (κ3) is 6.32. The molecule has 1 heterocycles. The van der Waals surface area contributed by atoms with Gasteiger partial charge in [0.2, 0.25) is 10.0 Å². The van der Waals surface area contributed by atoms with Gasteiger partial charge < -0.3 is 5.32 Å². The van der Waals surface area contributed by atoms with Crippen LogP contribution in [0.4, 0.5) is 0 Å². The van der Waals surface area contributed by atoms with Gasteiger partial charge in [0.15, 0.2) is 0 Å². The van der Waals surface area contributed by atoms with Gasteiger partial charge in [-0.3, -0.25) is 9.69 Å². The lowest BCUT2D eigenvalue weighted by Crippen LogP contribution is -2.44. The zero-order valence-electron chi connectivity index (χ0n) is 19.4. The zero-order chi connectivity index (χ0) is 24.0. The number of carbonyl (C=O) groups excluding carboxylic acids is 1. The second-order valence-electron chi connectivity index (χ2n) is 8.79. The van der Waals surface area contributed by atoms with Crippen molar-refractivity contribution in [2.24, 2.45) is 0 Å². The quantitative estimate of drug-likeness (QED) is 0.512. The fraction of sp³-hybridized carbons (Fsp3) is 0.296. The molecule has 0 unspecified atom stereocenters. The van der Waals surface area contributed by atoms with Crippen LogP contribution in [0.1, 0.15) is 47.3 Å². The first-order valence-corrected chi connectivity index (χ1v) is 13.1. The van der Waals surface area contributed by atoms with Crippen LogP contribution in [0.25, 0.3) is 0 Å². The average Bonchev–Trinajstić information content (AvgIpc) is 2.86. The largest absolute Gasteiger partial charge is 0.349 e. The average molecular weight is 478 g/mol. The summed E-state index contributed by atoms with van der Waals surface area (Å²) in [4.78, 5) is 15.3. The number of benzene rings is 3. The van der Waals surface area contributed by atoms with Crippen molar-refractivity contribution in [2.75, 3.05) is 13.1 Å². The summed E-state index contributed by atoms with van der Waals surface area (Å²) in [5.41, 5.74) is 2.51. The molecule has 4 rings (SSSR count). The van der Waals surface area contributed by atoms with Gasteiger partial charge in [0.25, 0.3) is 5.91 Å². The van der Waals surface area contributed by atoms with E-state index in [0.717, 1.165) is 38.0 Å². The Bertz CT molecular complexity index is 1190. The molecule has 1 amide bonds. The Morgan fingerprint density at radius 3 is 2.26 bits per heavy atom. The number of rotatable bonds is 8. The molecular formula is C27H31N3O3S. The van der Waals surface area contributed by atoms with E-state index >= 15 is 0 Å². The van der Waals surface area contributed by atoms with Gasteiger partial charge in [-0.1, -0.05) is 66.7 Å². The van der Waals surface area contributed by atoms with Crippen molar-refractivity contribution < 1.29 is 13.2 Å². The number of likely N-dealkylation sites (tertiary alicyclic amines) is 1. The Morgan fingerprint density at radius 2 is 1.59 bits per heavy atom. The fourth-order valence-electron chi connectivity index (χ4n) is 4.26. The maximum absolute atomic E-state index is 12.9. The van der Waals surface area contributed by atoms with Crippen LogP contribution in [0.15, 0.2) is 89.8 Å². The fourth-order valence-corrected chi connectivity index (χ4v) is 5.54. The number of sulfonamides is 1. The molecule has 178 valence electrons. The molecule has 3 aromatic rings. The smallest absolute Gasteiger partial charge is 0.251 e. The van der Waals surface area contributed by atoms with E-state index in [4.69, 9.17) is 0 Å². The summed E-state index contributed by atoms with van der Waals surface area (Å²) < 4.78 is 28.5. The molecule has 6 nitrogen and oxygen atoms in total. The van der Waals surface area contributed by atoms with Crippen molar-refractivity contribution in [1.29, 1.82) is 0 Å². The molecule has 1 fully saturated rings. The number of hydrogen-bond acceptors (Lipinski definition) is 4. The van der Waals surface area contributed by atoms with Crippen molar-refractivity contribution >= 4 is 15.9 Å². The predicted molar refractivity (Wildman–Crippen MR) is 134 cm³/mol. The second-order valence-corrected chi connectivity index (χ2v) is 10.5. The van der Waals surface area contributed by atoms with Gasteiger partial charge in [0.05, 0.1) is 4.90 Å². The molecule has 0 bridgehead atoms. The topological polar surface area (TPSA) is 78.5 Å². The van der Waals surface area contributed by atoms with Crippen LogP contribution in [-0.4, -0.2) is 38.4 Å². The minimum atomic E-state index is -3.77. The predicted octanol–water partition coefficient (Wildman–Crippen LogP) is 4.12. The molecule has 0 radical (unpaired) electrons. The van der Waals surface area contributed by atoms with Crippen molar-refractivity contribution in [3.8, 4) is 0 Å². The van der Waals surface area contributed by atoms with E-state index in [0.29, 0.717) is 5.56 Å². The van der Waals surface area contributed by atoms with Crippen molar-refractivity contribution in [3.63, 3.8) is 0 Å². The first-order valence-electron chi connectivity index (χ1n) is 11.7. The number of carbonyl (C=O) groups is 1. The normalized spacial score (nSPS) is 16.1. The molecule has 0 aliphatic carbocycles. The third-order valence-corrected chi connectivity index (χ3v) is 7.75. The van der Waals surface area contributed by atoms with Crippen LogP contribution in [0, 0.1) is 0 Å². The van der Waals surface area contributed by atoms with E-state index in [9.17, 15) is 13.2 Å². The van der Waals surface area contributed by atoms with Crippen LogP contribution in [-0.2, 0) is 16.6 Å². The third-order valence-electron chi connectivity index (χ3n) is 6.21. The Morgan fingerprint density at radius 1 is 0.941 bits per heavy atom. The summed E-state index contributed by atoms with van der Waals surface area (Å²) in [6, 6.07) is 25.7. The van der Waals surface area contributed by atoms with Gasteiger partial charge >= 0.3 is 0 Å². The van der Waals surface area contributed by atoms with Crippen LogP contribution >= 0.6 is 0 Å². The van der Waals surface area contributed by atoms with Gasteiger partial charge in [0, 0.05) is 37.3 Å². The van der Waals surface area contributed by atoms with Crippen LogP contribution in [0.2, 0.25) is 0 Å². The minimum Gasteiger partial charge on any atom is -0.349 e. The molecule has 0 spiro atoms. The van der Waals surface area contributed by atoms with E-state index in [1.54, 1.807) is 19.1 Å². The van der Waals surface area contributed by atoms with Gasteiger partial charge in [-0.2, -0.15) is 0 Å². The summed E-state index contributed by atoms with van der Waals surface area (Å²) in [6.07, 6.45) is 1.74. The lowest BCUT2D eigenvalue weighted by atomic mass is 10.0. The first-order chi connectivity index (χ1) is 16.4. The zero-order valence-corrected chi connectivity index (χ0v) is 20.2. The molecule has 1 atom stereocenters. The summed E-state index contributed by atoms with van der Waals surface area (Å²) in [6.45, 7) is 4.54. The minimum absolute atomic E-state index is 0.0796. The van der Waals surface area contributed by atoms with Crippen LogP contribution in [0.5, 0.6) is 0 Å². The Labute approximate surface area is 202 Å². The van der Waals surface area contributed by atoms with Crippen molar-refractivity contribution in [2.45, 2.75) is 43.3 Å². The van der Waals surface area contributed by atoms with Gasteiger partial charge in [-0.25, -0.2) is 13.1 Å². The number of nitrogens with zero attached hydrogens (tertiary/aromatic N) is 1.